The molecule has 2 unspecified atom stereocenters. The fourth-order valence-electron chi connectivity index (χ4n) is 3.82. The molecule has 3 heterocycles. The van der Waals surface area contributed by atoms with Crippen LogP contribution in [0.5, 0.6) is 0 Å². The van der Waals surface area contributed by atoms with E-state index in [0.717, 1.165) is 25.7 Å². The summed E-state index contributed by atoms with van der Waals surface area (Å²) in [6.45, 7) is 1.08. The number of nitrogens with one attached hydrogen (secondary N) is 1. The molecule has 6 heteroatoms. The van der Waals surface area contributed by atoms with Gasteiger partial charge in [-0.1, -0.05) is 18.9 Å². The Morgan fingerprint density at radius 2 is 2.08 bits per heavy atom. The number of nitrogens with zero attached hydrogens (tertiary/aromatic N) is 2. The van der Waals surface area contributed by atoms with Crippen LogP contribution in [0.15, 0.2) is 41.3 Å². The molecule has 0 radical (unpaired) electrons. The molecule has 0 aromatic carbocycles. The van der Waals surface area contributed by atoms with Gasteiger partial charge in [-0.05, 0) is 37.1 Å². The van der Waals surface area contributed by atoms with Crippen LogP contribution in [-0.2, 0) is 4.74 Å². The minimum absolute atomic E-state index is 0.0878. The molecule has 4 rings (SSSR count). The zero-order valence-electron chi connectivity index (χ0n) is 14.0. The Balaban J connectivity index is 1.61. The molecule has 0 spiro atoms. The van der Waals surface area contributed by atoms with E-state index in [2.05, 4.69) is 9.97 Å². The van der Waals surface area contributed by atoms with Gasteiger partial charge in [0.2, 0.25) is 0 Å². The van der Waals surface area contributed by atoms with E-state index in [1.165, 1.54) is 0 Å². The number of amides is 1. The van der Waals surface area contributed by atoms with Crippen molar-refractivity contribution in [1.82, 2.24) is 14.9 Å². The summed E-state index contributed by atoms with van der Waals surface area (Å²) in [6, 6.07) is 8.94. The lowest BCUT2D eigenvalue weighted by atomic mass is 9.90. The van der Waals surface area contributed by atoms with Gasteiger partial charge in [0.25, 0.3) is 11.5 Å². The van der Waals surface area contributed by atoms with Crippen LogP contribution in [0, 0.1) is 0 Å². The van der Waals surface area contributed by atoms with Crippen LogP contribution in [0.25, 0.3) is 11.4 Å². The van der Waals surface area contributed by atoms with Gasteiger partial charge in [-0.3, -0.25) is 14.6 Å². The van der Waals surface area contributed by atoms with E-state index in [0.29, 0.717) is 24.5 Å². The number of pyridine rings is 2. The number of rotatable bonds is 2. The third-order valence-electron chi connectivity index (χ3n) is 5.07. The van der Waals surface area contributed by atoms with E-state index < -0.39 is 0 Å². The normalized spacial score (nSPS) is 23.1. The molecule has 2 fully saturated rings. The number of carbonyl (C=O) groups excluding carboxylic acids is 1. The van der Waals surface area contributed by atoms with Crippen molar-refractivity contribution in [2.24, 2.45) is 0 Å². The van der Waals surface area contributed by atoms with Crippen LogP contribution in [0.4, 0.5) is 0 Å². The number of morpholine rings is 1. The van der Waals surface area contributed by atoms with Crippen LogP contribution >= 0.6 is 0 Å². The van der Waals surface area contributed by atoms with Gasteiger partial charge < -0.3 is 14.6 Å². The molecular formula is C19H21N3O3. The van der Waals surface area contributed by atoms with Crippen LogP contribution in [0.1, 0.15) is 36.0 Å². The number of H-pyrrole nitrogens is 1. The Hall–Kier alpha value is -2.47. The largest absolute Gasteiger partial charge is 0.374 e. The number of aromatic amines is 1. The van der Waals surface area contributed by atoms with Crippen molar-refractivity contribution in [3.05, 3.63) is 52.4 Å². The predicted molar refractivity (Wildman–Crippen MR) is 93.3 cm³/mol. The summed E-state index contributed by atoms with van der Waals surface area (Å²) in [5.74, 6) is -0.200. The summed E-state index contributed by atoms with van der Waals surface area (Å²) in [5.41, 5.74) is 1.11. The predicted octanol–water partition coefficient (Wildman–Crippen LogP) is 2.22. The molecule has 6 nitrogen and oxygen atoms in total. The Morgan fingerprint density at radius 1 is 1.20 bits per heavy atom. The standard InChI is InChI=1S/C19H21N3O3/c23-18-13(8-9-15(21-18)14-5-3-4-10-20-14)19(24)22-11-12-25-17-7-2-1-6-16(17)22/h3-5,8-10,16-17H,1-2,6-7,11-12H2,(H,21,23). The molecule has 1 saturated heterocycles. The van der Waals surface area contributed by atoms with E-state index in [4.69, 9.17) is 4.74 Å². The van der Waals surface area contributed by atoms with E-state index in [-0.39, 0.29) is 29.2 Å². The van der Waals surface area contributed by atoms with Crippen LogP contribution < -0.4 is 5.56 Å². The third kappa shape index (κ3) is 3.09. The highest BCUT2D eigenvalue weighted by Gasteiger charge is 2.37. The SMILES string of the molecule is O=C(c1ccc(-c2ccccn2)[nH]c1=O)N1CCOC2CCCCC21. The topological polar surface area (TPSA) is 75.3 Å². The van der Waals surface area contributed by atoms with E-state index in [1.54, 1.807) is 18.3 Å². The summed E-state index contributed by atoms with van der Waals surface area (Å²) in [6.07, 6.45) is 5.96. The summed E-state index contributed by atoms with van der Waals surface area (Å²) < 4.78 is 5.82. The Morgan fingerprint density at radius 3 is 2.88 bits per heavy atom. The van der Waals surface area contributed by atoms with Crippen molar-refractivity contribution < 1.29 is 9.53 Å². The van der Waals surface area contributed by atoms with Crippen molar-refractivity contribution in [2.45, 2.75) is 37.8 Å². The second-order valence-electron chi connectivity index (χ2n) is 6.59. The first-order valence-electron chi connectivity index (χ1n) is 8.81. The molecule has 1 N–H and O–H groups in total. The quantitative estimate of drug-likeness (QED) is 0.910. The fourth-order valence-corrected chi connectivity index (χ4v) is 3.82. The second kappa shape index (κ2) is 6.80. The lowest BCUT2D eigenvalue weighted by Crippen LogP contribution is -2.55. The monoisotopic (exact) mass is 339 g/mol. The zero-order chi connectivity index (χ0) is 17.2. The van der Waals surface area contributed by atoms with Crippen LogP contribution in [0.3, 0.4) is 0 Å². The first-order valence-corrected chi connectivity index (χ1v) is 8.81. The Bertz CT molecular complexity index is 816. The molecule has 1 aliphatic heterocycles. The number of ether oxygens (including phenoxy) is 1. The average Bonchev–Trinajstić information content (AvgIpc) is 2.67. The molecular weight excluding hydrogens is 318 g/mol. The van der Waals surface area contributed by atoms with Gasteiger partial charge in [-0.25, -0.2) is 0 Å². The van der Waals surface area contributed by atoms with Gasteiger partial charge in [0.05, 0.1) is 30.1 Å². The van der Waals surface area contributed by atoms with Gasteiger partial charge in [0.15, 0.2) is 0 Å². The highest BCUT2D eigenvalue weighted by molar-refractivity contribution is 5.94. The molecule has 0 bridgehead atoms. The molecule has 1 saturated carbocycles. The minimum Gasteiger partial charge on any atom is -0.374 e. The van der Waals surface area contributed by atoms with Gasteiger partial charge in [0.1, 0.15) is 5.56 Å². The Kier molecular flexibility index (Phi) is 4.36. The molecule has 2 atom stereocenters. The van der Waals surface area contributed by atoms with Crippen molar-refractivity contribution in [3.63, 3.8) is 0 Å². The van der Waals surface area contributed by atoms with Crippen LogP contribution in [0.2, 0.25) is 0 Å². The smallest absolute Gasteiger partial charge is 0.261 e. The molecule has 2 aliphatic rings. The third-order valence-corrected chi connectivity index (χ3v) is 5.07. The van der Waals surface area contributed by atoms with Gasteiger partial charge in [-0.2, -0.15) is 0 Å². The summed E-state index contributed by atoms with van der Waals surface area (Å²) in [4.78, 5) is 34.3. The van der Waals surface area contributed by atoms with Crippen LogP contribution in [-0.4, -0.2) is 46.1 Å². The lowest BCUT2D eigenvalue weighted by Gasteiger charge is -2.43. The molecule has 2 aromatic heterocycles. The molecule has 130 valence electrons. The Labute approximate surface area is 145 Å². The summed E-state index contributed by atoms with van der Waals surface area (Å²) >= 11 is 0. The fraction of sp³-hybridized carbons (Fsp3) is 0.421. The van der Waals surface area contributed by atoms with E-state index in [9.17, 15) is 9.59 Å². The number of carbonyl (C=O) groups is 1. The summed E-state index contributed by atoms with van der Waals surface area (Å²) in [5, 5.41) is 0. The van der Waals surface area contributed by atoms with Gasteiger partial charge in [0, 0.05) is 12.7 Å². The van der Waals surface area contributed by atoms with Crippen molar-refractivity contribution in [2.75, 3.05) is 13.2 Å². The van der Waals surface area contributed by atoms with Crippen molar-refractivity contribution >= 4 is 5.91 Å². The van der Waals surface area contributed by atoms with Gasteiger partial charge in [-0.15, -0.1) is 0 Å². The van der Waals surface area contributed by atoms with E-state index >= 15 is 0 Å². The van der Waals surface area contributed by atoms with Crippen molar-refractivity contribution in [3.8, 4) is 11.4 Å². The maximum Gasteiger partial charge on any atom is 0.261 e. The maximum absolute atomic E-state index is 13.0. The molecule has 1 aliphatic carbocycles. The number of hydrogen-bond donors (Lipinski definition) is 1. The lowest BCUT2D eigenvalue weighted by molar-refractivity contribution is -0.0753. The first-order chi connectivity index (χ1) is 12.2. The zero-order valence-corrected chi connectivity index (χ0v) is 14.0. The molecule has 2 aromatic rings. The highest BCUT2D eigenvalue weighted by Crippen LogP contribution is 2.29. The average molecular weight is 339 g/mol. The van der Waals surface area contributed by atoms with E-state index in [1.807, 2.05) is 23.1 Å². The number of hydrogen-bond acceptors (Lipinski definition) is 4. The van der Waals surface area contributed by atoms with Crippen molar-refractivity contribution in [1.29, 1.82) is 0 Å². The second-order valence-corrected chi connectivity index (χ2v) is 6.59. The summed E-state index contributed by atoms with van der Waals surface area (Å²) in [7, 11) is 0. The molecule has 25 heavy (non-hydrogen) atoms. The number of aromatic nitrogens is 2. The highest BCUT2D eigenvalue weighted by atomic mass is 16.5. The number of fused-ring (bicyclic) bond motifs is 1. The first kappa shape index (κ1) is 16.0. The minimum atomic E-state index is -0.369. The molecule has 1 amide bonds. The van der Waals surface area contributed by atoms with Gasteiger partial charge >= 0.3 is 0 Å². The maximum atomic E-state index is 13.0.